The van der Waals surface area contributed by atoms with Gasteiger partial charge in [-0.25, -0.2) is 4.79 Å². The summed E-state index contributed by atoms with van der Waals surface area (Å²) in [5.74, 6) is 0.400. The van der Waals surface area contributed by atoms with Crippen LogP contribution in [-0.2, 0) is 6.42 Å². The lowest BCUT2D eigenvalue weighted by Crippen LogP contribution is -2.42. The van der Waals surface area contributed by atoms with Crippen LogP contribution in [0.15, 0.2) is 24.3 Å². The zero-order valence-corrected chi connectivity index (χ0v) is 12.3. The maximum absolute atomic E-state index is 11.9. The minimum absolute atomic E-state index is 0.113. The largest absolute Gasteiger partial charge is 0.391 e. The van der Waals surface area contributed by atoms with Gasteiger partial charge < -0.3 is 15.3 Å². The summed E-state index contributed by atoms with van der Waals surface area (Å²) >= 11 is 0. The van der Waals surface area contributed by atoms with Crippen LogP contribution in [0.3, 0.4) is 0 Å². The van der Waals surface area contributed by atoms with Crippen LogP contribution in [-0.4, -0.2) is 42.3 Å². The van der Waals surface area contributed by atoms with Gasteiger partial charge in [-0.1, -0.05) is 24.3 Å². The van der Waals surface area contributed by atoms with Gasteiger partial charge >= 0.3 is 6.03 Å². The normalized spacial score (nSPS) is 15.8. The summed E-state index contributed by atoms with van der Waals surface area (Å²) in [6.07, 6.45) is 2.63. The molecule has 0 saturated heterocycles. The second-order valence-electron chi connectivity index (χ2n) is 5.69. The molecule has 2 amide bonds. The fourth-order valence-corrected chi connectivity index (χ4v) is 2.32. The molecule has 1 saturated carbocycles. The van der Waals surface area contributed by atoms with Gasteiger partial charge in [0.25, 0.3) is 0 Å². The van der Waals surface area contributed by atoms with Crippen LogP contribution in [0, 0.1) is 12.8 Å². The number of carbonyl (C=O) groups is 1. The highest BCUT2D eigenvalue weighted by Crippen LogP contribution is 2.32. The first-order valence-electron chi connectivity index (χ1n) is 7.29. The Bertz CT molecular complexity index is 458. The molecule has 110 valence electrons. The molecule has 1 aromatic rings. The van der Waals surface area contributed by atoms with Gasteiger partial charge in [0.1, 0.15) is 0 Å². The number of aliphatic hydroxyl groups excluding tert-OH is 1. The third kappa shape index (κ3) is 4.23. The molecule has 1 fully saturated rings. The van der Waals surface area contributed by atoms with Crippen LogP contribution < -0.4 is 5.32 Å². The molecule has 0 radical (unpaired) electrons. The van der Waals surface area contributed by atoms with E-state index in [0.29, 0.717) is 19.0 Å². The number of nitrogens with one attached hydrogen (secondary N) is 1. The van der Waals surface area contributed by atoms with Crippen molar-refractivity contribution in [3.05, 3.63) is 35.4 Å². The number of amides is 2. The molecule has 20 heavy (non-hydrogen) atoms. The fraction of sp³-hybridized carbons (Fsp3) is 0.562. The first kappa shape index (κ1) is 14.9. The summed E-state index contributed by atoms with van der Waals surface area (Å²) in [6.45, 7) is 3.11. The van der Waals surface area contributed by atoms with Crippen LogP contribution >= 0.6 is 0 Å². The number of urea groups is 1. The number of aliphatic hydroxyl groups is 1. The van der Waals surface area contributed by atoms with Gasteiger partial charge in [0, 0.05) is 20.1 Å². The lowest BCUT2D eigenvalue weighted by Gasteiger charge is -2.21. The van der Waals surface area contributed by atoms with E-state index in [-0.39, 0.29) is 12.1 Å². The maximum Gasteiger partial charge on any atom is 0.317 e. The maximum atomic E-state index is 11.9. The van der Waals surface area contributed by atoms with Crippen LogP contribution in [0.1, 0.15) is 24.0 Å². The lowest BCUT2D eigenvalue weighted by molar-refractivity contribution is 0.113. The van der Waals surface area contributed by atoms with Crippen LogP contribution in [0.2, 0.25) is 0 Å². The Morgan fingerprint density at radius 3 is 2.80 bits per heavy atom. The molecular weight excluding hydrogens is 252 g/mol. The van der Waals surface area contributed by atoms with E-state index in [1.165, 1.54) is 11.1 Å². The van der Waals surface area contributed by atoms with Gasteiger partial charge in [-0.15, -0.1) is 0 Å². The summed E-state index contributed by atoms with van der Waals surface area (Å²) < 4.78 is 0. The van der Waals surface area contributed by atoms with E-state index in [2.05, 4.69) is 24.4 Å². The quantitative estimate of drug-likeness (QED) is 0.834. The highest BCUT2D eigenvalue weighted by Gasteiger charge is 2.31. The molecule has 1 atom stereocenters. The summed E-state index contributed by atoms with van der Waals surface area (Å²) in [5.41, 5.74) is 2.51. The molecular formula is C16H24N2O2. The molecule has 0 spiro atoms. The number of hydrogen-bond acceptors (Lipinski definition) is 2. The van der Waals surface area contributed by atoms with E-state index in [1.807, 2.05) is 12.1 Å². The first-order valence-corrected chi connectivity index (χ1v) is 7.29. The van der Waals surface area contributed by atoms with E-state index in [1.54, 1.807) is 11.9 Å². The summed E-state index contributed by atoms with van der Waals surface area (Å²) in [7, 11) is 1.73. The number of hydrogen-bond donors (Lipinski definition) is 2. The number of rotatable bonds is 6. The molecule has 0 aliphatic heterocycles. The summed E-state index contributed by atoms with van der Waals surface area (Å²) in [6, 6.07) is 8.09. The Balaban J connectivity index is 1.70. The van der Waals surface area contributed by atoms with Crippen LogP contribution in [0.5, 0.6) is 0 Å². The van der Waals surface area contributed by atoms with Crippen molar-refractivity contribution in [2.24, 2.45) is 5.92 Å². The molecule has 1 aromatic carbocycles. The van der Waals surface area contributed by atoms with Gasteiger partial charge in [-0.3, -0.25) is 0 Å². The molecule has 1 unspecified atom stereocenters. The van der Waals surface area contributed by atoms with Crippen LogP contribution in [0.4, 0.5) is 4.79 Å². The van der Waals surface area contributed by atoms with E-state index in [9.17, 15) is 9.90 Å². The van der Waals surface area contributed by atoms with Crippen molar-refractivity contribution in [3.8, 4) is 0 Å². The van der Waals surface area contributed by atoms with Crippen molar-refractivity contribution < 1.29 is 9.90 Å². The van der Waals surface area contributed by atoms with Crippen molar-refractivity contribution in [3.63, 3.8) is 0 Å². The average Bonchev–Trinajstić information content (AvgIpc) is 3.25. The zero-order chi connectivity index (χ0) is 14.5. The van der Waals surface area contributed by atoms with Crippen molar-refractivity contribution in [1.82, 2.24) is 10.2 Å². The Morgan fingerprint density at radius 2 is 2.15 bits per heavy atom. The third-order valence-corrected chi connectivity index (χ3v) is 3.91. The van der Waals surface area contributed by atoms with E-state index in [0.717, 1.165) is 19.3 Å². The Labute approximate surface area is 120 Å². The van der Waals surface area contributed by atoms with Gasteiger partial charge in [0.15, 0.2) is 0 Å². The fourth-order valence-electron chi connectivity index (χ4n) is 2.32. The minimum Gasteiger partial charge on any atom is -0.391 e. The molecule has 2 N–H and O–H groups in total. The van der Waals surface area contributed by atoms with Crippen molar-refractivity contribution >= 4 is 6.03 Å². The second-order valence-corrected chi connectivity index (χ2v) is 5.69. The van der Waals surface area contributed by atoms with Gasteiger partial charge in [-0.05, 0) is 43.2 Å². The Kier molecular flexibility index (Phi) is 5.01. The number of aryl methyl sites for hydroxylation is 1. The smallest absolute Gasteiger partial charge is 0.317 e. The second kappa shape index (κ2) is 6.75. The Morgan fingerprint density at radius 1 is 1.45 bits per heavy atom. The minimum atomic E-state index is -0.373. The molecule has 1 aliphatic carbocycles. The topological polar surface area (TPSA) is 52.6 Å². The number of likely N-dealkylation sites (N-methyl/N-ethyl adjacent to an activating group) is 1. The summed E-state index contributed by atoms with van der Waals surface area (Å²) in [5, 5.41) is 12.7. The molecule has 0 bridgehead atoms. The highest BCUT2D eigenvalue weighted by molar-refractivity contribution is 5.73. The van der Waals surface area contributed by atoms with Gasteiger partial charge in [-0.2, -0.15) is 0 Å². The van der Waals surface area contributed by atoms with E-state index in [4.69, 9.17) is 0 Å². The van der Waals surface area contributed by atoms with Gasteiger partial charge in [0.2, 0.25) is 0 Å². The highest BCUT2D eigenvalue weighted by atomic mass is 16.3. The molecule has 0 heterocycles. The van der Waals surface area contributed by atoms with E-state index < -0.39 is 0 Å². The standard InChI is InChI=1S/C16H24N2O2/c1-12-5-3-4-6-13(12)9-10-17-16(20)18(2)11-15(19)14-7-8-14/h3-6,14-15,19H,7-11H2,1-2H3,(H,17,20). The Hall–Kier alpha value is -1.55. The number of nitrogens with zero attached hydrogens (tertiary/aromatic N) is 1. The molecule has 1 aliphatic rings. The van der Waals surface area contributed by atoms with E-state index >= 15 is 0 Å². The molecule has 4 heteroatoms. The monoisotopic (exact) mass is 276 g/mol. The van der Waals surface area contributed by atoms with Crippen LogP contribution in [0.25, 0.3) is 0 Å². The molecule has 2 rings (SSSR count). The lowest BCUT2D eigenvalue weighted by atomic mass is 10.1. The predicted molar refractivity (Wildman–Crippen MR) is 79.6 cm³/mol. The summed E-state index contributed by atoms with van der Waals surface area (Å²) in [4.78, 5) is 13.5. The third-order valence-electron chi connectivity index (χ3n) is 3.91. The predicted octanol–water partition coefficient (Wildman–Crippen LogP) is 1.95. The number of carbonyl (C=O) groups excluding carboxylic acids is 1. The zero-order valence-electron chi connectivity index (χ0n) is 12.3. The van der Waals surface area contributed by atoms with Crippen molar-refractivity contribution in [2.75, 3.05) is 20.1 Å². The van der Waals surface area contributed by atoms with Crippen molar-refractivity contribution in [2.45, 2.75) is 32.3 Å². The average molecular weight is 276 g/mol. The van der Waals surface area contributed by atoms with Gasteiger partial charge in [0.05, 0.1) is 6.10 Å². The van der Waals surface area contributed by atoms with Crippen molar-refractivity contribution in [1.29, 1.82) is 0 Å². The SMILES string of the molecule is Cc1ccccc1CCNC(=O)N(C)CC(O)C1CC1. The first-order chi connectivity index (χ1) is 9.58. The number of benzene rings is 1. The molecule has 4 nitrogen and oxygen atoms in total. The molecule has 0 aromatic heterocycles.